The number of halogens is 2. The van der Waals surface area contributed by atoms with Crippen molar-refractivity contribution in [2.45, 2.75) is 36.0 Å². The van der Waals surface area contributed by atoms with Crippen LogP contribution in [0.2, 0.25) is 10.0 Å². The third-order valence-corrected chi connectivity index (χ3v) is 10.1. The van der Waals surface area contributed by atoms with Gasteiger partial charge in [-0.15, -0.1) is 11.8 Å². The van der Waals surface area contributed by atoms with E-state index in [0.29, 0.717) is 57.4 Å². The molecular formula is C35H40Cl2N6O3S. The standard InChI is InChI=1S/C27H34ClN5O3S.C8H6ClN/c1-20-3-9-23(10-4-20)37-27(17-24(34)33(19-27)18-21-5-7-22(28)8-6-21)25(35)31-13-15-32(16-14-31)26(36)30-12-2-11-29;9-7-2-1-6-3-4-10-8(6)5-7/h3-10H,2,11-19,29H2,1H3,(H,30,36);1-5,10H. The molecule has 2 saturated heterocycles. The average molecular weight is 696 g/mol. The molecule has 3 heterocycles. The number of H-pyrrole nitrogens is 1. The molecule has 9 nitrogen and oxygen atoms in total. The summed E-state index contributed by atoms with van der Waals surface area (Å²) in [5.74, 6) is -0.0888. The summed E-state index contributed by atoms with van der Waals surface area (Å²) in [7, 11) is 0. The highest BCUT2D eigenvalue weighted by Crippen LogP contribution is 2.43. The molecule has 0 radical (unpaired) electrons. The van der Waals surface area contributed by atoms with Crippen LogP contribution in [0.4, 0.5) is 4.79 Å². The molecule has 0 bridgehead atoms. The van der Waals surface area contributed by atoms with Crippen molar-refractivity contribution in [3.63, 3.8) is 0 Å². The third-order valence-electron chi connectivity index (χ3n) is 8.27. The van der Waals surface area contributed by atoms with Gasteiger partial charge in [0.1, 0.15) is 4.75 Å². The van der Waals surface area contributed by atoms with Crippen LogP contribution in [0, 0.1) is 6.92 Å². The molecule has 1 atom stereocenters. The van der Waals surface area contributed by atoms with Gasteiger partial charge in [-0.3, -0.25) is 9.59 Å². The molecule has 3 aromatic carbocycles. The number of carbonyl (C=O) groups is 3. The Bertz CT molecular complexity index is 1670. The maximum absolute atomic E-state index is 14.0. The molecule has 2 fully saturated rings. The molecule has 0 spiro atoms. The first-order valence-corrected chi connectivity index (χ1v) is 17.3. The maximum Gasteiger partial charge on any atom is 0.317 e. The molecule has 4 N–H and O–H groups in total. The number of carbonyl (C=O) groups excluding carboxylic acids is 3. The van der Waals surface area contributed by atoms with Gasteiger partial charge in [0.2, 0.25) is 11.8 Å². The van der Waals surface area contributed by atoms with E-state index in [1.807, 2.05) is 90.8 Å². The molecule has 4 amide bonds. The van der Waals surface area contributed by atoms with Gasteiger partial charge in [0.05, 0.1) is 6.42 Å². The lowest BCUT2D eigenvalue weighted by Crippen LogP contribution is -2.57. The quantitative estimate of drug-likeness (QED) is 0.198. The Balaban J connectivity index is 0.000000365. The van der Waals surface area contributed by atoms with Crippen molar-refractivity contribution in [1.82, 2.24) is 25.0 Å². The van der Waals surface area contributed by atoms with Gasteiger partial charge < -0.3 is 30.7 Å². The first kappa shape index (κ1) is 34.6. The minimum Gasteiger partial charge on any atom is -0.361 e. The Morgan fingerprint density at radius 1 is 0.936 bits per heavy atom. The summed E-state index contributed by atoms with van der Waals surface area (Å²) in [6.45, 7) is 5.61. The topological polar surface area (TPSA) is 115 Å². The molecule has 6 rings (SSSR count). The number of nitrogens with one attached hydrogen (secondary N) is 2. The molecule has 2 aliphatic rings. The van der Waals surface area contributed by atoms with Crippen LogP contribution >= 0.6 is 35.0 Å². The van der Waals surface area contributed by atoms with Crippen molar-refractivity contribution in [1.29, 1.82) is 0 Å². The van der Waals surface area contributed by atoms with Crippen LogP contribution in [-0.4, -0.2) is 88.1 Å². The molecule has 2 aliphatic heterocycles. The largest absolute Gasteiger partial charge is 0.361 e. The van der Waals surface area contributed by atoms with Crippen LogP contribution in [-0.2, 0) is 16.1 Å². The Morgan fingerprint density at radius 2 is 1.62 bits per heavy atom. The van der Waals surface area contributed by atoms with E-state index in [-0.39, 0.29) is 24.3 Å². The second kappa shape index (κ2) is 15.9. The van der Waals surface area contributed by atoms with E-state index in [1.165, 1.54) is 17.1 Å². The molecule has 0 saturated carbocycles. The number of amides is 4. The highest BCUT2D eigenvalue weighted by Gasteiger charge is 2.51. The zero-order valence-electron chi connectivity index (χ0n) is 26.4. The molecule has 1 aromatic heterocycles. The Morgan fingerprint density at radius 3 is 2.32 bits per heavy atom. The number of benzene rings is 3. The Kier molecular flexibility index (Phi) is 11.7. The van der Waals surface area contributed by atoms with E-state index in [0.717, 1.165) is 33.0 Å². The monoisotopic (exact) mass is 694 g/mol. The van der Waals surface area contributed by atoms with Crippen molar-refractivity contribution in [2.24, 2.45) is 5.73 Å². The number of aromatic amines is 1. The lowest BCUT2D eigenvalue weighted by atomic mass is 10.1. The SMILES string of the molecule is Cc1ccc(SC2(C(=O)N3CCN(C(=O)NCCCN)CC3)CC(=O)N(Cc3ccc(Cl)cc3)C2)cc1.Clc1ccc2cc[nH]c2c1. The predicted octanol–water partition coefficient (Wildman–Crippen LogP) is 5.94. The summed E-state index contributed by atoms with van der Waals surface area (Å²) >= 11 is 13.3. The highest BCUT2D eigenvalue weighted by molar-refractivity contribution is 8.01. The van der Waals surface area contributed by atoms with Gasteiger partial charge in [-0.05, 0) is 73.3 Å². The normalized spacial score (nSPS) is 17.9. The van der Waals surface area contributed by atoms with E-state index >= 15 is 0 Å². The van der Waals surface area contributed by atoms with Crippen molar-refractivity contribution in [2.75, 3.05) is 45.8 Å². The Labute approximate surface area is 289 Å². The number of hydrogen-bond donors (Lipinski definition) is 3. The molecule has 47 heavy (non-hydrogen) atoms. The highest BCUT2D eigenvalue weighted by atomic mass is 35.5. The summed E-state index contributed by atoms with van der Waals surface area (Å²) in [5, 5.41) is 5.49. The fourth-order valence-corrected chi connectivity index (χ4v) is 7.33. The second-order valence-corrected chi connectivity index (χ2v) is 14.2. The van der Waals surface area contributed by atoms with Crippen molar-refractivity contribution in [3.8, 4) is 0 Å². The fraction of sp³-hybridized carbons (Fsp3) is 0.343. The number of nitrogens with zero attached hydrogens (tertiary/aromatic N) is 3. The van der Waals surface area contributed by atoms with Gasteiger partial charge in [-0.2, -0.15) is 0 Å². The number of urea groups is 1. The number of rotatable bonds is 8. The number of hydrogen-bond acceptors (Lipinski definition) is 5. The Hall–Kier alpha value is -3.70. The van der Waals surface area contributed by atoms with E-state index < -0.39 is 4.75 Å². The molecular weight excluding hydrogens is 655 g/mol. The summed E-state index contributed by atoms with van der Waals surface area (Å²) in [4.78, 5) is 49.0. The second-order valence-electron chi connectivity index (χ2n) is 11.8. The van der Waals surface area contributed by atoms with E-state index in [4.69, 9.17) is 28.9 Å². The molecule has 0 aliphatic carbocycles. The first-order valence-electron chi connectivity index (χ1n) is 15.7. The van der Waals surface area contributed by atoms with Gasteiger partial charge in [0, 0.05) is 72.5 Å². The summed E-state index contributed by atoms with van der Waals surface area (Å²) in [6, 6.07) is 23.2. The number of nitrogens with two attached hydrogens (primary N) is 1. The van der Waals surface area contributed by atoms with Crippen LogP contribution in [0.25, 0.3) is 10.9 Å². The minimum absolute atomic E-state index is 0.0409. The number of piperazine rings is 1. The summed E-state index contributed by atoms with van der Waals surface area (Å²) < 4.78 is -0.926. The number of likely N-dealkylation sites (tertiary alicyclic amines) is 1. The fourth-order valence-electron chi connectivity index (χ4n) is 5.68. The smallest absolute Gasteiger partial charge is 0.317 e. The first-order chi connectivity index (χ1) is 22.7. The van der Waals surface area contributed by atoms with Crippen LogP contribution < -0.4 is 11.1 Å². The molecule has 248 valence electrons. The lowest BCUT2D eigenvalue weighted by molar-refractivity contribution is -0.135. The van der Waals surface area contributed by atoms with E-state index in [1.54, 1.807) is 9.80 Å². The van der Waals surface area contributed by atoms with Crippen molar-refractivity contribution in [3.05, 3.63) is 100 Å². The van der Waals surface area contributed by atoms with Crippen LogP contribution in [0.15, 0.2) is 83.9 Å². The number of aryl methyl sites for hydroxylation is 1. The van der Waals surface area contributed by atoms with Gasteiger partial charge in [-0.25, -0.2) is 4.79 Å². The van der Waals surface area contributed by atoms with Gasteiger partial charge >= 0.3 is 6.03 Å². The van der Waals surface area contributed by atoms with Crippen molar-refractivity contribution < 1.29 is 14.4 Å². The summed E-state index contributed by atoms with van der Waals surface area (Å²) in [5.41, 5.74) is 8.70. The lowest BCUT2D eigenvalue weighted by Gasteiger charge is -2.39. The molecule has 12 heteroatoms. The van der Waals surface area contributed by atoms with E-state index in [2.05, 4.69) is 10.3 Å². The molecule has 4 aromatic rings. The maximum atomic E-state index is 14.0. The molecule has 1 unspecified atom stereocenters. The number of fused-ring (bicyclic) bond motifs is 1. The average Bonchev–Trinajstić information content (AvgIpc) is 3.67. The van der Waals surface area contributed by atoms with Crippen molar-refractivity contribution >= 4 is 63.7 Å². The van der Waals surface area contributed by atoms with Gasteiger partial charge in [-0.1, -0.05) is 59.1 Å². The number of thioether (sulfide) groups is 1. The van der Waals surface area contributed by atoms with Crippen LogP contribution in [0.1, 0.15) is 24.0 Å². The van der Waals surface area contributed by atoms with Crippen LogP contribution in [0.3, 0.4) is 0 Å². The number of aromatic nitrogens is 1. The third kappa shape index (κ3) is 9.01. The van der Waals surface area contributed by atoms with Gasteiger partial charge in [0.15, 0.2) is 0 Å². The van der Waals surface area contributed by atoms with Crippen LogP contribution in [0.5, 0.6) is 0 Å². The zero-order chi connectivity index (χ0) is 33.4. The zero-order valence-corrected chi connectivity index (χ0v) is 28.7. The van der Waals surface area contributed by atoms with Gasteiger partial charge in [0.25, 0.3) is 0 Å². The predicted molar refractivity (Wildman–Crippen MR) is 190 cm³/mol. The summed E-state index contributed by atoms with van der Waals surface area (Å²) in [6.07, 6.45) is 2.77. The minimum atomic E-state index is -0.926. The van der Waals surface area contributed by atoms with E-state index in [9.17, 15) is 14.4 Å².